The molecule has 0 aromatic heterocycles. The molecule has 0 aliphatic carbocycles. The van der Waals surface area contributed by atoms with Crippen LogP contribution in [0.4, 0.5) is 29.3 Å². The average molecular weight is 615 g/mol. The lowest BCUT2D eigenvalue weighted by Gasteiger charge is -2.38. The maximum Gasteiger partial charge on any atom is 0.416 e. The molecule has 0 spiro atoms. The number of rotatable bonds is 9. The molecular formula is C32H37F3N4O5. The number of benzene rings is 3. The molecule has 44 heavy (non-hydrogen) atoms. The summed E-state index contributed by atoms with van der Waals surface area (Å²) in [6.07, 6.45) is -4.89. The second-order valence-corrected chi connectivity index (χ2v) is 11.0. The zero-order chi connectivity index (χ0) is 32.0. The third-order valence-corrected chi connectivity index (χ3v) is 7.51. The quantitative estimate of drug-likeness (QED) is 0.285. The van der Waals surface area contributed by atoms with Crippen molar-refractivity contribution in [3.63, 3.8) is 0 Å². The molecule has 0 radical (unpaired) electrons. The van der Waals surface area contributed by atoms with Crippen molar-refractivity contribution >= 4 is 23.3 Å². The smallest absolute Gasteiger partial charge is 0.416 e. The van der Waals surface area contributed by atoms with E-state index in [0.717, 1.165) is 12.1 Å². The Morgan fingerprint density at radius 2 is 1.80 bits per heavy atom. The van der Waals surface area contributed by atoms with Crippen molar-refractivity contribution in [3.05, 3.63) is 83.4 Å². The van der Waals surface area contributed by atoms with Gasteiger partial charge < -0.3 is 30.1 Å². The largest absolute Gasteiger partial charge is 0.497 e. The number of urea groups is 1. The molecule has 1 heterocycles. The lowest BCUT2D eigenvalue weighted by Crippen LogP contribution is -2.49. The highest BCUT2D eigenvalue weighted by Gasteiger charge is 2.35. The fourth-order valence-electron chi connectivity index (χ4n) is 5.00. The van der Waals surface area contributed by atoms with Crippen LogP contribution in [0, 0.1) is 5.92 Å². The summed E-state index contributed by atoms with van der Waals surface area (Å²) in [6, 6.07) is 15.7. The summed E-state index contributed by atoms with van der Waals surface area (Å²) < 4.78 is 50.7. The fourth-order valence-corrected chi connectivity index (χ4v) is 5.00. The van der Waals surface area contributed by atoms with Gasteiger partial charge in [-0.3, -0.25) is 9.69 Å². The molecule has 1 aliphatic rings. The third-order valence-electron chi connectivity index (χ3n) is 7.51. The first-order valence-corrected chi connectivity index (χ1v) is 14.2. The third kappa shape index (κ3) is 8.00. The summed E-state index contributed by atoms with van der Waals surface area (Å²) in [6.45, 7) is 4.46. The van der Waals surface area contributed by atoms with E-state index in [0.29, 0.717) is 36.6 Å². The number of hydrogen-bond donors (Lipinski definition) is 3. The van der Waals surface area contributed by atoms with Crippen LogP contribution < -0.4 is 20.1 Å². The topological polar surface area (TPSA) is 103 Å². The Bertz CT molecular complexity index is 1430. The predicted octanol–water partition coefficient (Wildman–Crippen LogP) is 5.71. The standard InChI is InChI=1S/C32H37F3N4O5/c1-20-16-39(21(2)19-40)30(41)26-6-5-7-27(37-31(42)36-24-12-14-25(43-4)15-13-24)29(26)44-28(20)18-38(3)17-22-8-10-23(11-9-22)32(33,34)35/h5-15,20-21,28,40H,16-19H2,1-4H3,(H2,36,37,42)/t20-,21+,28-/m0/s1. The molecule has 0 unspecified atom stereocenters. The van der Waals surface area contributed by atoms with Crippen molar-refractivity contribution in [1.82, 2.24) is 9.80 Å². The van der Waals surface area contributed by atoms with Crippen molar-refractivity contribution in [2.24, 2.45) is 5.92 Å². The van der Waals surface area contributed by atoms with E-state index in [4.69, 9.17) is 9.47 Å². The average Bonchev–Trinajstić information content (AvgIpc) is 2.99. The Morgan fingerprint density at radius 3 is 2.41 bits per heavy atom. The van der Waals surface area contributed by atoms with Crippen LogP contribution in [0.15, 0.2) is 66.7 Å². The maximum atomic E-state index is 13.7. The summed E-state index contributed by atoms with van der Waals surface area (Å²) in [5.41, 5.74) is 1.02. The number of ether oxygens (including phenoxy) is 2. The lowest BCUT2D eigenvalue weighted by molar-refractivity contribution is -0.137. The van der Waals surface area contributed by atoms with Gasteiger partial charge in [-0.1, -0.05) is 25.1 Å². The molecule has 1 aliphatic heterocycles. The highest BCUT2D eigenvalue weighted by Crippen LogP contribution is 2.35. The van der Waals surface area contributed by atoms with Crippen molar-refractivity contribution in [2.45, 2.75) is 38.7 Å². The number of halogens is 3. The SMILES string of the molecule is COc1ccc(NC(=O)Nc2cccc3c2O[C@@H](CN(C)Cc2ccc(C(F)(F)F)cc2)[C@@H](C)CN([C@H](C)CO)C3=O)cc1. The molecule has 236 valence electrons. The number of carbonyl (C=O) groups excluding carboxylic acids is 2. The number of methoxy groups -OCH3 is 1. The first-order chi connectivity index (χ1) is 20.9. The van der Waals surface area contributed by atoms with E-state index < -0.39 is 29.9 Å². The second-order valence-electron chi connectivity index (χ2n) is 11.0. The zero-order valence-electron chi connectivity index (χ0n) is 25.0. The van der Waals surface area contributed by atoms with Gasteiger partial charge in [-0.15, -0.1) is 0 Å². The monoisotopic (exact) mass is 614 g/mol. The number of likely N-dealkylation sites (N-methyl/N-ethyl adjacent to an activating group) is 1. The Hall–Kier alpha value is -4.29. The number of nitrogens with one attached hydrogen (secondary N) is 2. The van der Waals surface area contributed by atoms with Crippen molar-refractivity contribution in [1.29, 1.82) is 0 Å². The van der Waals surface area contributed by atoms with Crippen LogP contribution in [-0.4, -0.2) is 72.8 Å². The van der Waals surface area contributed by atoms with E-state index in [1.807, 2.05) is 18.9 Å². The molecule has 3 atom stereocenters. The van der Waals surface area contributed by atoms with Crippen LogP contribution in [0.2, 0.25) is 0 Å². The number of amides is 3. The van der Waals surface area contributed by atoms with Crippen LogP contribution in [0.3, 0.4) is 0 Å². The van der Waals surface area contributed by atoms with Crippen LogP contribution in [0.1, 0.15) is 35.3 Å². The number of hydrogen-bond acceptors (Lipinski definition) is 6. The van der Waals surface area contributed by atoms with Gasteiger partial charge in [0.1, 0.15) is 11.9 Å². The van der Waals surface area contributed by atoms with Gasteiger partial charge in [0, 0.05) is 31.2 Å². The van der Waals surface area contributed by atoms with Crippen molar-refractivity contribution < 1.29 is 37.3 Å². The molecule has 0 bridgehead atoms. The number of aliphatic hydroxyl groups excluding tert-OH is 1. The zero-order valence-corrected chi connectivity index (χ0v) is 25.0. The van der Waals surface area contributed by atoms with E-state index in [1.165, 1.54) is 12.1 Å². The fraction of sp³-hybridized carbons (Fsp3) is 0.375. The summed E-state index contributed by atoms with van der Waals surface area (Å²) in [5, 5.41) is 15.5. The van der Waals surface area contributed by atoms with Gasteiger partial charge in [0.25, 0.3) is 5.91 Å². The molecule has 0 saturated heterocycles. The number of fused-ring (bicyclic) bond motifs is 1. The molecule has 0 saturated carbocycles. The molecule has 0 fully saturated rings. The van der Waals surface area contributed by atoms with E-state index >= 15 is 0 Å². The molecule has 3 amide bonds. The van der Waals surface area contributed by atoms with Gasteiger partial charge in [0.05, 0.1) is 36.6 Å². The van der Waals surface area contributed by atoms with Gasteiger partial charge >= 0.3 is 12.2 Å². The lowest BCUT2D eigenvalue weighted by atomic mass is 9.98. The van der Waals surface area contributed by atoms with Gasteiger partial charge in [0.2, 0.25) is 0 Å². The van der Waals surface area contributed by atoms with Crippen molar-refractivity contribution in [3.8, 4) is 11.5 Å². The Kier molecular flexibility index (Phi) is 10.4. The van der Waals surface area contributed by atoms with E-state index in [2.05, 4.69) is 10.6 Å². The summed E-state index contributed by atoms with van der Waals surface area (Å²) in [5.74, 6) is 0.274. The normalized spacial score (nSPS) is 17.7. The minimum Gasteiger partial charge on any atom is -0.497 e. The summed E-state index contributed by atoms with van der Waals surface area (Å²) >= 11 is 0. The Labute approximate surface area is 254 Å². The number of alkyl halides is 3. The number of nitrogens with zero attached hydrogens (tertiary/aromatic N) is 2. The van der Waals surface area contributed by atoms with Crippen LogP contribution in [0.25, 0.3) is 0 Å². The Balaban J connectivity index is 1.59. The number of para-hydroxylation sites is 1. The first kappa shape index (κ1) is 32.6. The van der Waals surface area contributed by atoms with Crippen molar-refractivity contribution in [2.75, 3.05) is 44.5 Å². The highest BCUT2D eigenvalue weighted by molar-refractivity contribution is 6.04. The minimum absolute atomic E-state index is 0.192. The summed E-state index contributed by atoms with van der Waals surface area (Å²) in [7, 11) is 3.38. The molecule has 3 N–H and O–H groups in total. The van der Waals surface area contributed by atoms with Gasteiger partial charge in [-0.05, 0) is 68.1 Å². The van der Waals surface area contributed by atoms with Gasteiger partial charge in [0.15, 0.2) is 5.75 Å². The summed E-state index contributed by atoms with van der Waals surface area (Å²) in [4.78, 5) is 30.2. The van der Waals surface area contributed by atoms with Gasteiger partial charge in [-0.25, -0.2) is 4.79 Å². The van der Waals surface area contributed by atoms with E-state index in [1.54, 1.807) is 61.4 Å². The van der Waals surface area contributed by atoms with Crippen LogP contribution in [0.5, 0.6) is 11.5 Å². The molecule has 12 heteroatoms. The molecule has 4 rings (SSSR count). The predicted molar refractivity (Wildman–Crippen MR) is 161 cm³/mol. The molecular weight excluding hydrogens is 577 g/mol. The molecule has 3 aromatic carbocycles. The van der Waals surface area contributed by atoms with E-state index in [9.17, 15) is 27.9 Å². The number of anilines is 2. The molecule has 3 aromatic rings. The number of aliphatic hydroxyl groups is 1. The molecule has 9 nitrogen and oxygen atoms in total. The van der Waals surface area contributed by atoms with Gasteiger partial charge in [-0.2, -0.15) is 13.2 Å². The Morgan fingerprint density at radius 1 is 1.11 bits per heavy atom. The van der Waals surface area contributed by atoms with Crippen LogP contribution >= 0.6 is 0 Å². The minimum atomic E-state index is -4.41. The number of carbonyl (C=O) groups is 2. The van der Waals surface area contributed by atoms with E-state index in [-0.39, 0.29) is 35.4 Å². The highest BCUT2D eigenvalue weighted by atomic mass is 19.4. The first-order valence-electron chi connectivity index (χ1n) is 14.2. The second kappa shape index (κ2) is 14.0. The maximum absolute atomic E-state index is 13.7. The van der Waals surface area contributed by atoms with Crippen LogP contribution in [-0.2, 0) is 12.7 Å².